The lowest BCUT2D eigenvalue weighted by Gasteiger charge is -2.31. The molecule has 36 heavy (non-hydrogen) atoms. The van der Waals surface area contributed by atoms with Gasteiger partial charge < -0.3 is 20.6 Å². The molecule has 1 saturated heterocycles. The van der Waals surface area contributed by atoms with Crippen molar-refractivity contribution in [1.29, 1.82) is 0 Å². The summed E-state index contributed by atoms with van der Waals surface area (Å²) in [7, 11) is 0. The van der Waals surface area contributed by atoms with Gasteiger partial charge in [0.25, 0.3) is 0 Å². The number of carbonyl (C=O) groups excluding carboxylic acids is 1. The van der Waals surface area contributed by atoms with Gasteiger partial charge in [0.15, 0.2) is 5.16 Å². The normalized spacial score (nSPS) is 17.9. The smallest absolute Gasteiger partial charge is 0.224 e. The summed E-state index contributed by atoms with van der Waals surface area (Å²) in [5, 5.41) is 25.1. The lowest BCUT2D eigenvalue weighted by atomic mass is 9.81. The van der Waals surface area contributed by atoms with Crippen LogP contribution in [-0.2, 0) is 4.79 Å². The summed E-state index contributed by atoms with van der Waals surface area (Å²) in [6.45, 7) is 11.5. The van der Waals surface area contributed by atoms with Crippen LogP contribution in [0.1, 0.15) is 52.7 Å². The van der Waals surface area contributed by atoms with Gasteiger partial charge in [-0.2, -0.15) is 5.10 Å². The molecule has 1 atom stereocenters. The Bertz CT molecular complexity index is 1210. The van der Waals surface area contributed by atoms with Crippen molar-refractivity contribution in [1.82, 2.24) is 20.2 Å². The Balaban J connectivity index is 1.57. The maximum atomic E-state index is 11.7. The molecule has 0 radical (unpaired) electrons. The number of nitrogens with zero attached hydrogens (tertiary/aromatic N) is 4. The number of hydrogen-bond acceptors (Lipinski definition) is 8. The highest BCUT2D eigenvalue weighted by atomic mass is 32.2. The van der Waals surface area contributed by atoms with Gasteiger partial charge in [-0.05, 0) is 61.2 Å². The second-order valence-corrected chi connectivity index (χ2v) is 11.6. The molecule has 1 aliphatic rings. The van der Waals surface area contributed by atoms with Crippen LogP contribution in [0.3, 0.4) is 0 Å². The van der Waals surface area contributed by atoms with Crippen molar-refractivity contribution in [3.63, 3.8) is 0 Å². The zero-order valence-electron chi connectivity index (χ0n) is 21.6. The number of rotatable bonds is 8. The first-order chi connectivity index (χ1) is 17.0. The van der Waals surface area contributed by atoms with Crippen LogP contribution in [0, 0.1) is 12.3 Å². The molecule has 4 rings (SSSR count). The lowest BCUT2D eigenvalue weighted by molar-refractivity contribution is -0.115. The van der Waals surface area contributed by atoms with Crippen LogP contribution >= 0.6 is 11.8 Å². The van der Waals surface area contributed by atoms with Gasteiger partial charge in [0.05, 0.1) is 11.3 Å². The average Bonchev–Trinajstić information content (AvgIpc) is 3.38. The fourth-order valence-corrected chi connectivity index (χ4v) is 5.22. The standard InChI is InChI=1S/C26H35N7O2S/c1-6-23(34)27-18-7-9-19(10-8-18)36-24-29-20(28-21-13-17(2)31-32-21)14-22(30-24)33-12-11-26(35,16-33)15-25(3,4)5/h7-10,13-14,35H,6,11-12,15-16H2,1-5H3,(H,27,34)(H2,28,29,30,31,32). The molecule has 3 aromatic rings. The quantitative estimate of drug-likeness (QED) is 0.309. The Labute approximate surface area is 216 Å². The molecular weight excluding hydrogens is 474 g/mol. The molecule has 1 amide bonds. The number of β-amino-alcohol motifs (C(OH)–C–C–N with tert-alkyl or cyclic N) is 1. The third-order valence-electron chi connectivity index (χ3n) is 5.84. The van der Waals surface area contributed by atoms with Crippen LogP contribution < -0.4 is 15.5 Å². The van der Waals surface area contributed by atoms with Gasteiger partial charge in [0, 0.05) is 42.2 Å². The van der Waals surface area contributed by atoms with Crippen molar-refractivity contribution >= 4 is 40.8 Å². The van der Waals surface area contributed by atoms with Crippen LogP contribution in [0.4, 0.5) is 23.1 Å². The first kappa shape index (κ1) is 26.0. The Morgan fingerprint density at radius 3 is 2.61 bits per heavy atom. The molecule has 1 unspecified atom stereocenters. The van der Waals surface area contributed by atoms with Gasteiger partial charge in [0.1, 0.15) is 17.5 Å². The van der Waals surface area contributed by atoms with Crippen LogP contribution in [0.15, 0.2) is 46.5 Å². The van der Waals surface area contributed by atoms with Gasteiger partial charge in [-0.15, -0.1) is 0 Å². The Hall–Kier alpha value is -3.11. The molecular formula is C26H35N7O2S. The molecule has 0 bridgehead atoms. The molecule has 4 N–H and O–H groups in total. The predicted octanol–water partition coefficient (Wildman–Crippen LogP) is 5.13. The molecule has 3 heterocycles. The Morgan fingerprint density at radius 2 is 1.97 bits per heavy atom. The van der Waals surface area contributed by atoms with Crippen molar-refractivity contribution in [2.24, 2.45) is 5.41 Å². The monoisotopic (exact) mass is 509 g/mol. The van der Waals surface area contributed by atoms with Crippen LogP contribution in [0.25, 0.3) is 0 Å². The van der Waals surface area contributed by atoms with Gasteiger partial charge in [-0.1, -0.05) is 27.7 Å². The number of aliphatic hydroxyl groups is 1. The summed E-state index contributed by atoms with van der Waals surface area (Å²) in [4.78, 5) is 24.3. The SMILES string of the molecule is CCC(=O)Nc1ccc(Sc2nc(Nc3cc(C)n[nH]3)cc(N3CCC(O)(CC(C)(C)C)C3)n2)cc1. The number of carbonyl (C=O) groups is 1. The largest absolute Gasteiger partial charge is 0.388 e. The average molecular weight is 510 g/mol. The molecule has 0 spiro atoms. The maximum absolute atomic E-state index is 11.7. The molecule has 1 aromatic carbocycles. The van der Waals surface area contributed by atoms with Gasteiger partial charge in [0.2, 0.25) is 5.91 Å². The van der Waals surface area contributed by atoms with Crippen molar-refractivity contribution in [3.8, 4) is 0 Å². The maximum Gasteiger partial charge on any atom is 0.224 e. The number of H-pyrrole nitrogens is 1. The summed E-state index contributed by atoms with van der Waals surface area (Å²) in [5.74, 6) is 2.13. The minimum Gasteiger partial charge on any atom is -0.388 e. The van der Waals surface area contributed by atoms with E-state index in [1.165, 1.54) is 11.8 Å². The number of nitrogens with one attached hydrogen (secondary N) is 3. The van der Waals surface area contributed by atoms with E-state index in [9.17, 15) is 9.90 Å². The summed E-state index contributed by atoms with van der Waals surface area (Å²) in [6.07, 6.45) is 1.86. The number of anilines is 4. The minimum absolute atomic E-state index is 0.0202. The number of aromatic nitrogens is 4. The summed E-state index contributed by atoms with van der Waals surface area (Å²) in [6, 6.07) is 11.4. The third-order valence-corrected chi connectivity index (χ3v) is 6.72. The second kappa shape index (κ2) is 10.5. The second-order valence-electron chi connectivity index (χ2n) is 10.6. The number of benzene rings is 1. The van der Waals surface area contributed by atoms with E-state index in [4.69, 9.17) is 9.97 Å². The van der Waals surface area contributed by atoms with Gasteiger partial charge in [-0.3, -0.25) is 9.89 Å². The van der Waals surface area contributed by atoms with Crippen LogP contribution in [-0.4, -0.2) is 49.9 Å². The van der Waals surface area contributed by atoms with E-state index < -0.39 is 5.60 Å². The van der Waals surface area contributed by atoms with Crippen molar-refractivity contribution in [2.75, 3.05) is 28.6 Å². The molecule has 9 nitrogen and oxygen atoms in total. The highest BCUT2D eigenvalue weighted by molar-refractivity contribution is 7.99. The van der Waals surface area contributed by atoms with Crippen LogP contribution in [0.5, 0.6) is 0 Å². The third kappa shape index (κ3) is 6.98. The van der Waals surface area contributed by atoms with E-state index in [-0.39, 0.29) is 11.3 Å². The fourth-order valence-electron chi connectivity index (χ4n) is 4.45. The van der Waals surface area contributed by atoms with E-state index in [0.29, 0.717) is 30.4 Å². The van der Waals surface area contributed by atoms with E-state index in [2.05, 4.69) is 46.5 Å². The Kier molecular flexibility index (Phi) is 7.56. The van der Waals surface area contributed by atoms with E-state index in [0.717, 1.165) is 40.9 Å². The highest BCUT2D eigenvalue weighted by Crippen LogP contribution is 2.37. The number of aromatic amines is 1. The minimum atomic E-state index is -0.747. The first-order valence-electron chi connectivity index (χ1n) is 12.2. The summed E-state index contributed by atoms with van der Waals surface area (Å²) < 4.78 is 0. The zero-order chi connectivity index (χ0) is 25.9. The topological polar surface area (TPSA) is 119 Å². The van der Waals surface area contributed by atoms with Gasteiger partial charge in [-0.25, -0.2) is 9.97 Å². The fraction of sp³-hybridized carbons (Fsp3) is 0.462. The number of aryl methyl sites for hydroxylation is 1. The van der Waals surface area contributed by atoms with Gasteiger partial charge >= 0.3 is 0 Å². The van der Waals surface area contributed by atoms with Crippen LogP contribution in [0.2, 0.25) is 0 Å². The predicted molar refractivity (Wildman–Crippen MR) is 144 cm³/mol. The molecule has 2 aromatic heterocycles. The summed E-state index contributed by atoms with van der Waals surface area (Å²) in [5.41, 5.74) is 0.922. The van der Waals surface area contributed by atoms with E-state index in [1.54, 1.807) is 0 Å². The van der Waals surface area contributed by atoms with E-state index >= 15 is 0 Å². The summed E-state index contributed by atoms with van der Waals surface area (Å²) >= 11 is 1.44. The lowest BCUT2D eigenvalue weighted by Crippen LogP contribution is -2.37. The molecule has 192 valence electrons. The molecule has 0 aliphatic carbocycles. The first-order valence-corrected chi connectivity index (χ1v) is 13.1. The van der Waals surface area contributed by atoms with E-state index in [1.807, 2.05) is 50.2 Å². The molecule has 10 heteroatoms. The molecule has 1 aliphatic heterocycles. The highest BCUT2D eigenvalue weighted by Gasteiger charge is 2.39. The number of hydrogen-bond donors (Lipinski definition) is 4. The van der Waals surface area contributed by atoms with Crippen molar-refractivity contribution in [2.45, 2.75) is 69.5 Å². The van der Waals surface area contributed by atoms with Crippen molar-refractivity contribution < 1.29 is 9.90 Å². The number of amides is 1. The molecule has 0 saturated carbocycles. The van der Waals surface area contributed by atoms with Crippen molar-refractivity contribution in [3.05, 3.63) is 42.1 Å². The zero-order valence-corrected chi connectivity index (χ0v) is 22.4. The Morgan fingerprint density at radius 1 is 1.22 bits per heavy atom. The molecule has 1 fully saturated rings.